The number of fused-ring (bicyclic) bond motifs is 1. The van der Waals surface area contributed by atoms with Gasteiger partial charge in [0.2, 0.25) is 5.91 Å². The number of rotatable bonds is 4. The zero-order chi connectivity index (χ0) is 18.8. The average molecular weight is 373 g/mol. The third-order valence-electron chi connectivity index (χ3n) is 4.28. The molecule has 0 spiro atoms. The van der Waals surface area contributed by atoms with Gasteiger partial charge in [-0.15, -0.1) is 18.3 Å². The Balaban J connectivity index is 1.82. The highest BCUT2D eigenvalue weighted by atomic mass is 32.2. The molecule has 0 saturated carbocycles. The highest BCUT2D eigenvalue weighted by Gasteiger charge is 2.45. The zero-order valence-corrected chi connectivity index (χ0v) is 15.2. The molecule has 3 rings (SSSR count). The van der Waals surface area contributed by atoms with Gasteiger partial charge in [0.1, 0.15) is 6.54 Å². The first-order chi connectivity index (χ1) is 12.4. The maximum atomic E-state index is 12.9. The lowest BCUT2D eigenvalue weighted by Gasteiger charge is -2.24. The molecule has 26 heavy (non-hydrogen) atoms. The molecule has 2 heterocycles. The molecule has 1 atom stereocenters. The molecular formula is C18H19N3O4S. The van der Waals surface area contributed by atoms with Gasteiger partial charge >= 0.3 is 17.8 Å². The largest absolute Gasteiger partial charge is 0.335 e. The minimum Gasteiger partial charge on any atom is -0.310 e. The average Bonchev–Trinajstić information content (AvgIpc) is 2.77. The van der Waals surface area contributed by atoms with Crippen molar-refractivity contribution in [3.8, 4) is 0 Å². The normalized spacial score (nSPS) is 20.3. The van der Waals surface area contributed by atoms with Gasteiger partial charge in [0.05, 0.1) is 5.69 Å². The van der Waals surface area contributed by atoms with Gasteiger partial charge in [-0.05, 0) is 18.6 Å². The number of hydrogen-bond acceptors (Lipinski definition) is 5. The summed E-state index contributed by atoms with van der Waals surface area (Å²) in [7, 11) is 0. The molecule has 0 radical (unpaired) electrons. The number of carbonyl (C=O) groups is 4. The number of para-hydroxylation sites is 1. The zero-order valence-electron chi connectivity index (χ0n) is 14.4. The van der Waals surface area contributed by atoms with E-state index in [-0.39, 0.29) is 12.5 Å². The lowest BCUT2D eigenvalue weighted by molar-refractivity contribution is -0.143. The van der Waals surface area contributed by atoms with Crippen molar-refractivity contribution in [1.82, 2.24) is 9.80 Å². The van der Waals surface area contributed by atoms with Crippen molar-refractivity contribution in [1.29, 1.82) is 0 Å². The lowest BCUT2D eigenvalue weighted by Crippen LogP contribution is -2.44. The highest BCUT2D eigenvalue weighted by Crippen LogP contribution is 2.37. The molecule has 7 nitrogen and oxygen atoms in total. The van der Waals surface area contributed by atoms with Crippen LogP contribution >= 0.6 is 11.8 Å². The second-order valence-corrected chi connectivity index (χ2v) is 7.59. The molecule has 0 N–H and O–H groups in total. The summed E-state index contributed by atoms with van der Waals surface area (Å²) in [6.45, 7) is 5.53. The van der Waals surface area contributed by atoms with E-state index in [4.69, 9.17) is 0 Å². The van der Waals surface area contributed by atoms with Gasteiger partial charge in [-0.25, -0.2) is 9.69 Å². The Hall–Kier alpha value is -2.61. The summed E-state index contributed by atoms with van der Waals surface area (Å²) >= 11 is 1.69. The van der Waals surface area contributed by atoms with Crippen LogP contribution in [0.15, 0.2) is 41.8 Å². The number of benzene rings is 1. The van der Waals surface area contributed by atoms with E-state index >= 15 is 0 Å². The quantitative estimate of drug-likeness (QED) is 0.457. The molecule has 2 aliphatic rings. The molecule has 1 aromatic rings. The molecule has 0 unspecified atom stereocenters. The number of thioether (sulfide) groups is 1. The fraction of sp³-hybridized carbons (Fsp3) is 0.333. The number of amides is 5. The van der Waals surface area contributed by atoms with E-state index in [0.29, 0.717) is 16.7 Å². The number of nitrogens with zero attached hydrogens (tertiary/aromatic N) is 3. The second-order valence-electron chi connectivity index (χ2n) is 6.11. The maximum absolute atomic E-state index is 12.9. The third kappa shape index (κ3) is 3.24. The first kappa shape index (κ1) is 18.2. The van der Waals surface area contributed by atoms with Crippen LogP contribution in [0.4, 0.5) is 10.5 Å². The van der Waals surface area contributed by atoms with Gasteiger partial charge < -0.3 is 4.90 Å². The summed E-state index contributed by atoms with van der Waals surface area (Å²) in [4.78, 5) is 53.2. The maximum Gasteiger partial charge on any atom is 0.335 e. The summed E-state index contributed by atoms with van der Waals surface area (Å²) in [5, 5.41) is 0.341. The monoisotopic (exact) mass is 373 g/mol. The summed E-state index contributed by atoms with van der Waals surface area (Å²) in [5.74, 6) is -2.29. The molecule has 1 saturated heterocycles. The van der Waals surface area contributed by atoms with Gasteiger partial charge in [0.15, 0.2) is 0 Å². The second kappa shape index (κ2) is 7.33. The molecule has 0 bridgehead atoms. The summed E-state index contributed by atoms with van der Waals surface area (Å²) in [6, 6.07) is 6.77. The summed E-state index contributed by atoms with van der Waals surface area (Å²) in [5.41, 5.74) is 0.764. The molecule has 1 aromatic carbocycles. The van der Waals surface area contributed by atoms with E-state index in [9.17, 15) is 19.2 Å². The van der Waals surface area contributed by atoms with Gasteiger partial charge in [-0.3, -0.25) is 19.3 Å². The van der Waals surface area contributed by atoms with Crippen LogP contribution < -0.4 is 4.90 Å². The van der Waals surface area contributed by atoms with Crippen LogP contribution in [0.5, 0.6) is 0 Å². The van der Waals surface area contributed by atoms with Crippen molar-refractivity contribution in [2.24, 2.45) is 0 Å². The molecule has 5 amide bonds. The van der Waals surface area contributed by atoms with Crippen molar-refractivity contribution in [2.45, 2.75) is 23.5 Å². The standard InChI is InChI=1S/C18H19N3O4S/c1-3-9-20-16(23)17(24)21(18(20)25)11-15(22)19-10-8-12(2)26-14-7-5-4-6-13(14)19/h3-7,12H,1,8-11H2,2H3/t12-/m0/s1. The van der Waals surface area contributed by atoms with E-state index in [0.717, 1.165) is 21.9 Å². The van der Waals surface area contributed by atoms with Crippen molar-refractivity contribution in [3.05, 3.63) is 36.9 Å². The van der Waals surface area contributed by atoms with Gasteiger partial charge in [-0.1, -0.05) is 25.1 Å². The minimum atomic E-state index is -0.976. The van der Waals surface area contributed by atoms with E-state index in [1.54, 1.807) is 16.7 Å². The Morgan fingerprint density at radius 1 is 1.23 bits per heavy atom. The SMILES string of the molecule is C=CCN1C(=O)C(=O)N(CC(=O)N2CC[C@H](C)Sc3ccccc32)C1=O. The van der Waals surface area contributed by atoms with Crippen molar-refractivity contribution < 1.29 is 19.2 Å². The molecular weight excluding hydrogens is 354 g/mol. The van der Waals surface area contributed by atoms with Crippen LogP contribution in [0.2, 0.25) is 0 Å². The van der Waals surface area contributed by atoms with Crippen LogP contribution in [0.1, 0.15) is 13.3 Å². The fourth-order valence-corrected chi connectivity index (χ4v) is 4.06. The Kier molecular flexibility index (Phi) is 5.13. The number of urea groups is 1. The van der Waals surface area contributed by atoms with Gasteiger partial charge in [0, 0.05) is 23.2 Å². The fourth-order valence-electron chi connectivity index (χ4n) is 2.95. The number of anilines is 1. The number of carbonyl (C=O) groups excluding carboxylic acids is 4. The van der Waals surface area contributed by atoms with Crippen molar-refractivity contribution in [3.63, 3.8) is 0 Å². The lowest BCUT2D eigenvalue weighted by atomic mass is 10.2. The Morgan fingerprint density at radius 3 is 2.65 bits per heavy atom. The van der Waals surface area contributed by atoms with E-state index < -0.39 is 24.4 Å². The number of hydrogen-bond donors (Lipinski definition) is 0. The Morgan fingerprint density at radius 2 is 1.92 bits per heavy atom. The first-order valence-electron chi connectivity index (χ1n) is 8.28. The van der Waals surface area contributed by atoms with Crippen LogP contribution in [0.25, 0.3) is 0 Å². The molecule has 2 aliphatic heterocycles. The molecule has 0 aromatic heterocycles. The van der Waals surface area contributed by atoms with Gasteiger partial charge in [-0.2, -0.15) is 0 Å². The van der Waals surface area contributed by atoms with E-state index in [1.165, 1.54) is 6.08 Å². The predicted molar refractivity (Wildman–Crippen MR) is 97.8 cm³/mol. The molecule has 8 heteroatoms. The summed E-state index contributed by atoms with van der Waals surface area (Å²) in [6.07, 6.45) is 2.15. The Bertz CT molecular complexity index is 794. The van der Waals surface area contributed by atoms with Crippen molar-refractivity contribution >= 4 is 41.2 Å². The summed E-state index contributed by atoms with van der Waals surface area (Å²) < 4.78 is 0. The third-order valence-corrected chi connectivity index (χ3v) is 5.52. The van der Waals surface area contributed by atoms with E-state index in [1.807, 2.05) is 24.3 Å². The van der Waals surface area contributed by atoms with Crippen LogP contribution in [-0.4, -0.2) is 58.4 Å². The minimum absolute atomic E-state index is 0.0607. The van der Waals surface area contributed by atoms with Crippen molar-refractivity contribution in [2.75, 3.05) is 24.5 Å². The van der Waals surface area contributed by atoms with Gasteiger partial charge in [0.25, 0.3) is 0 Å². The Labute approximate surface area is 155 Å². The van der Waals surface area contributed by atoms with Crippen LogP contribution in [0.3, 0.4) is 0 Å². The number of imide groups is 2. The molecule has 136 valence electrons. The predicted octanol–water partition coefficient (Wildman–Crippen LogP) is 1.88. The highest BCUT2D eigenvalue weighted by molar-refractivity contribution is 8.00. The van der Waals surface area contributed by atoms with Crippen LogP contribution in [0, 0.1) is 0 Å². The first-order valence-corrected chi connectivity index (χ1v) is 9.16. The topological polar surface area (TPSA) is 78.0 Å². The van der Waals surface area contributed by atoms with Crippen LogP contribution in [-0.2, 0) is 14.4 Å². The smallest absolute Gasteiger partial charge is 0.310 e. The molecule has 1 fully saturated rings. The molecule has 0 aliphatic carbocycles. The van der Waals surface area contributed by atoms with E-state index in [2.05, 4.69) is 13.5 Å².